The molecule has 3 heterocycles. The molecule has 21 heavy (non-hydrogen) atoms. The van der Waals surface area contributed by atoms with Crippen LogP contribution >= 0.6 is 0 Å². The van der Waals surface area contributed by atoms with Gasteiger partial charge in [0.15, 0.2) is 5.65 Å². The lowest BCUT2D eigenvalue weighted by Gasteiger charge is -1.98. The van der Waals surface area contributed by atoms with Gasteiger partial charge in [0.25, 0.3) is 0 Å². The fourth-order valence-corrected chi connectivity index (χ4v) is 2.31. The maximum absolute atomic E-state index is 11.5. The number of methoxy groups -OCH3 is 1. The molecule has 3 aromatic heterocycles. The van der Waals surface area contributed by atoms with Crippen LogP contribution in [0.4, 0.5) is 0 Å². The second kappa shape index (κ2) is 4.55. The second-order valence-electron chi connectivity index (χ2n) is 4.33. The van der Waals surface area contributed by atoms with Crippen molar-refractivity contribution in [2.24, 2.45) is 0 Å². The fraction of sp³-hybridized carbons (Fsp3) is 0.143. The molecule has 4 rings (SSSR count). The molecular weight excluding hydrogens is 270 g/mol. The van der Waals surface area contributed by atoms with E-state index in [2.05, 4.69) is 15.1 Å². The smallest absolute Gasteiger partial charge is 0.337 e. The van der Waals surface area contributed by atoms with E-state index in [9.17, 15) is 4.79 Å². The zero-order chi connectivity index (χ0) is 13.7. The summed E-state index contributed by atoms with van der Waals surface area (Å²) in [6.45, 7) is 0. The third-order valence-electron chi connectivity index (χ3n) is 3.19. The van der Waals surface area contributed by atoms with Gasteiger partial charge in [-0.3, -0.25) is 0 Å². The molecule has 0 aliphatic heterocycles. The molecule has 0 radical (unpaired) electrons. The fourth-order valence-electron chi connectivity index (χ4n) is 2.31. The van der Waals surface area contributed by atoms with Crippen molar-refractivity contribution < 1.29 is 14.2 Å². The molecule has 0 saturated heterocycles. The number of esters is 1. The Balaban J connectivity index is 0.00000132. The van der Waals surface area contributed by atoms with E-state index in [1.165, 1.54) is 7.11 Å². The number of hydrogen-bond donors (Lipinski definition) is 0. The zero-order valence-corrected chi connectivity index (χ0v) is 10.5. The van der Waals surface area contributed by atoms with Gasteiger partial charge >= 0.3 is 5.97 Å². The maximum Gasteiger partial charge on any atom is 0.337 e. The number of aromatic nitrogens is 5. The van der Waals surface area contributed by atoms with Crippen LogP contribution in [0.2, 0.25) is 0 Å². The molecular formula is C14H13N5O2. The average Bonchev–Trinajstić information content (AvgIpc) is 3.00. The predicted molar refractivity (Wildman–Crippen MR) is 75.0 cm³/mol. The minimum atomic E-state index is -0.361. The Bertz CT molecular complexity index is 969. The van der Waals surface area contributed by atoms with Crippen molar-refractivity contribution in [2.45, 2.75) is 7.43 Å². The van der Waals surface area contributed by atoms with Crippen molar-refractivity contribution >= 4 is 28.2 Å². The summed E-state index contributed by atoms with van der Waals surface area (Å²) < 4.78 is 8.23. The van der Waals surface area contributed by atoms with Crippen LogP contribution in [-0.2, 0) is 4.74 Å². The molecule has 0 fully saturated rings. The first-order valence-electron chi connectivity index (χ1n) is 5.97. The Morgan fingerprint density at radius 3 is 2.95 bits per heavy atom. The van der Waals surface area contributed by atoms with Crippen LogP contribution in [0.25, 0.3) is 22.2 Å². The van der Waals surface area contributed by atoms with E-state index in [0.29, 0.717) is 16.9 Å². The van der Waals surface area contributed by atoms with Crippen molar-refractivity contribution in [3.63, 3.8) is 0 Å². The highest BCUT2D eigenvalue weighted by Gasteiger charge is 2.14. The third kappa shape index (κ3) is 1.74. The van der Waals surface area contributed by atoms with E-state index in [1.54, 1.807) is 29.2 Å². The summed E-state index contributed by atoms with van der Waals surface area (Å²) >= 11 is 0. The summed E-state index contributed by atoms with van der Waals surface area (Å²) in [6.07, 6.45) is 5.05. The van der Waals surface area contributed by atoms with Crippen molar-refractivity contribution in [2.75, 3.05) is 7.11 Å². The normalized spacial score (nSPS) is 10.9. The molecule has 7 nitrogen and oxygen atoms in total. The van der Waals surface area contributed by atoms with Gasteiger partial charge in [0.2, 0.25) is 6.20 Å². The molecule has 0 bridgehead atoms. The third-order valence-corrected chi connectivity index (χ3v) is 3.19. The molecule has 0 spiro atoms. The van der Waals surface area contributed by atoms with E-state index in [-0.39, 0.29) is 13.4 Å². The van der Waals surface area contributed by atoms with Crippen LogP contribution in [0.5, 0.6) is 0 Å². The molecule has 0 N–H and O–H groups in total. The highest BCUT2D eigenvalue weighted by molar-refractivity contribution is 5.94. The lowest BCUT2D eigenvalue weighted by atomic mass is 10.1. The predicted octanol–water partition coefficient (Wildman–Crippen LogP) is 1.00. The van der Waals surface area contributed by atoms with Gasteiger partial charge in [-0.1, -0.05) is 12.1 Å². The van der Waals surface area contributed by atoms with Crippen LogP contribution in [-0.4, -0.2) is 27.6 Å². The summed E-state index contributed by atoms with van der Waals surface area (Å²) in [5.41, 5.74) is 2.66. The first kappa shape index (κ1) is 13.0. The molecule has 0 aliphatic carbocycles. The molecule has 0 saturated carbocycles. The molecule has 0 unspecified atom stereocenters. The number of carbonyl (C=O) groups is 1. The molecule has 4 aromatic rings. The summed E-state index contributed by atoms with van der Waals surface area (Å²) in [6, 6.07) is 5.33. The summed E-state index contributed by atoms with van der Waals surface area (Å²) in [5, 5.41) is 5.22. The Kier molecular flexibility index (Phi) is 2.83. The van der Waals surface area contributed by atoms with Gasteiger partial charge in [-0.15, -0.1) is 5.10 Å². The van der Waals surface area contributed by atoms with Crippen LogP contribution < -0.4 is 9.73 Å². The molecule has 106 valence electrons. The van der Waals surface area contributed by atoms with Gasteiger partial charge in [-0.25, -0.2) is 9.78 Å². The van der Waals surface area contributed by atoms with E-state index < -0.39 is 0 Å². The van der Waals surface area contributed by atoms with Gasteiger partial charge in [0.05, 0.1) is 23.6 Å². The number of hydrogen-bond acceptors (Lipinski definition) is 4. The second-order valence-corrected chi connectivity index (χ2v) is 4.33. The van der Waals surface area contributed by atoms with Crippen molar-refractivity contribution in [1.82, 2.24) is 19.6 Å². The van der Waals surface area contributed by atoms with E-state index in [1.807, 2.05) is 16.8 Å². The maximum atomic E-state index is 11.5. The number of nitrogens with zero attached hydrogens (tertiary/aromatic N) is 5. The first-order valence-corrected chi connectivity index (χ1v) is 5.97. The molecule has 1 aromatic carbocycles. The molecule has 0 amide bonds. The Morgan fingerprint density at radius 1 is 1.33 bits per heavy atom. The SMILES string of the molecule is C.COC(=O)c1ccc2c(c1)c[n+]1[n-]c3nccnc3n21. The highest BCUT2D eigenvalue weighted by atomic mass is 16.5. The van der Waals surface area contributed by atoms with Crippen molar-refractivity contribution in [1.29, 1.82) is 0 Å². The lowest BCUT2D eigenvalue weighted by Crippen LogP contribution is -2.28. The number of fused-ring (bicyclic) bond motifs is 5. The zero-order valence-electron chi connectivity index (χ0n) is 10.5. The largest absolute Gasteiger partial charge is 0.465 e. The quantitative estimate of drug-likeness (QED) is 0.385. The molecule has 0 aliphatic rings. The standard InChI is InChI=1S/C13H9N5O2.CH4/c1-20-13(19)8-2-3-10-9(6-8)7-17-16-11-12(18(10)17)15-5-4-14-11;/h2-7H,1H3;1H4. The average molecular weight is 283 g/mol. The van der Waals surface area contributed by atoms with Crippen LogP contribution in [0.3, 0.4) is 0 Å². The summed E-state index contributed by atoms with van der Waals surface area (Å²) in [7, 11) is 1.36. The topological polar surface area (TPSA) is 74.7 Å². The van der Waals surface area contributed by atoms with E-state index in [4.69, 9.17) is 4.74 Å². The number of rotatable bonds is 1. The Labute approximate surface area is 119 Å². The minimum absolute atomic E-state index is 0. The Morgan fingerprint density at radius 2 is 2.14 bits per heavy atom. The Hall–Kier alpha value is -2.96. The van der Waals surface area contributed by atoms with Gasteiger partial charge < -0.3 is 9.72 Å². The van der Waals surface area contributed by atoms with Crippen LogP contribution in [0.15, 0.2) is 36.8 Å². The molecule has 7 heteroatoms. The van der Waals surface area contributed by atoms with E-state index in [0.717, 1.165) is 10.9 Å². The summed E-state index contributed by atoms with van der Waals surface area (Å²) in [5.74, 6) is -0.361. The number of carbonyl (C=O) groups excluding carboxylic acids is 1. The number of benzene rings is 1. The highest BCUT2D eigenvalue weighted by Crippen LogP contribution is 2.17. The van der Waals surface area contributed by atoms with Gasteiger partial charge in [-0.05, 0) is 24.4 Å². The number of ether oxygens (including phenoxy) is 1. The van der Waals surface area contributed by atoms with Crippen molar-refractivity contribution in [3.8, 4) is 0 Å². The monoisotopic (exact) mass is 283 g/mol. The van der Waals surface area contributed by atoms with Gasteiger partial charge in [0, 0.05) is 6.20 Å². The van der Waals surface area contributed by atoms with Crippen LogP contribution in [0.1, 0.15) is 17.8 Å². The van der Waals surface area contributed by atoms with Gasteiger partial charge in [-0.2, -0.15) is 4.52 Å². The summed E-state index contributed by atoms with van der Waals surface area (Å²) in [4.78, 5) is 20.0. The lowest BCUT2D eigenvalue weighted by molar-refractivity contribution is -0.671. The molecule has 0 atom stereocenters. The minimum Gasteiger partial charge on any atom is -0.465 e. The van der Waals surface area contributed by atoms with E-state index >= 15 is 0 Å². The van der Waals surface area contributed by atoms with Gasteiger partial charge in [0.1, 0.15) is 5.65 Å². The first-order chi connectivity index (χ1) is 9.78. The van der Waals surface area contributed by atoms with Crippen molar-refractivity contribution in [3.05, 3.63) is 42.4 Å². The van der Waals surface area contributed by atoms with Crippen LogP contribution in [0, 0.1) is 0 Å².